The van der Waals surface area contributed by atoms with Crippen molar-refractivity contribution >= 4 is 0 Å². The van der Waals surface area contributed by atoms with Crippen LogP contribution in [-0.2, 0) is 0 Å². The molecule has 0 aliphatic rings. The Balaban J connectivity index is 2.43. The lowest BCUT2D eigenvalue weighted by Gasteiger charge is -2.20. The Labute approximate surface area is 115 Å². The van der Waals surface area contributed by atoms with Crippen LogP contribution in [-0.4, -0.2) is 14.2 Å². The van der Waals surface area contributed by atoms with Gasteiger partial charge >= 0.3 is 0 Å². The smallest absolute Gasteiger partial charge is 0.121 e. The van der Waals surface area contributed by atoms with Crippen molar-refractivity contribution in [2.45, 2.75) is 19.9 Å². The summed E-state index contributed by atoms with van der Waals surface area (Å²) in [5.74, 6) is 0.934. The lowest BCUT2D eigenvalue weighted by Crippen LogP contribution is -2.18. The van der Waals surface area contributed by atoms with E-state index in [1.807, 2.05) is 13.1 Å². The third-order valence-electron chi connectivity index (χ3n) is 3.54. The number of nitrogens with one attached hydrogen (secondary N) is 1. The van der Waals surface area contributed by atoms with Gasteiger partial charge in [0.15, 0.2) is 0 Å². The van der Waals surface area contributed by atoms with E-state index in [1.165, 1.54) is 16.7 Å². The van der Waals surface area contributed by atoms with Gasteiger partial charge in [0.25, 0.3) is 0 Å². The summed E-state index contributed by atoms with van der Waals surface area (Å²) in [5.41, 5.74) is 5.04. The molecule has 0 fully saturated rings. The summed E-state index contributed by atoms with van der Waals surface area (Å²) >= 11 is 0. The first-order valence-electron chi connectivity index (χ1n) is 6.54. The molecule has 0 saturated heterocycles. The average molecular weight is 255 g/mol. The molecule has 2 heteroatoms. The first-order valence-corrected chi connectivity index (χ1v) is 6.54. The SMILES string of the molecule is CNC(c1ccc(OC)c(C)c1)c1ccccc1C. The maximum absolute atomic E-state index is 5.32. The molecule has 0 spiro atoms. The molecule has 1 N–H and O–H groups in total. The topological polar surface area (TPSA) is 21.3 Å². The summed E-state index contributed by atoms with van der Waals surface area (Å²) in [6, 6.07) is 15.0. The Hall–Kier alpha value is -1.80. The third kappa shape index (κ3) is 2.79. The molecule has 19 heavy (non-hydrogen) atoms. The van der Waals surface area contributed by atoms with Crippen LogP contribution < -0.4 is 10.1 Å². The summed E-state index contributed by atoms with van der Waals surface area (Å²) in [5, 5.41) is 3.40. The van der Waals surface area contributed by atoms with E-state index in [0.29, 0.717) is 0 Å². The molecule has 1 atom stereocenters. The van der Waals surface area contributed by atoms with Crippen molar-refractivity contribution in [1.29, 1.82) is 0 Å². The number of ether oxygens (including phenoxy) is 1. The highest BCUT2D eigenvalue weighted by Gasteiger charge is 2.14. The predicted octanol–water partition coefficient (Wildman–Crippen LogP) is 3.62. The fourth-order valence-corrected chi connectivity index (χ4v) is 2.49. The van der Waals surface area contributed by atoms with Crippen molar-refractivity contribution in [3.63, 3.8) is 0 Å². The molecule has 2 nitrogen and oxygen atoms in total. The number of rotatable bonds is 4. The fourth-order valence-electron chi connectivity index (χ4n) is 2.49. The van der Waals surface area contributed by atoms with Gasteiger partial charge in [-0.3, -0.25) is 0 Å². The highest BCUT2D eigenvalue weighted by atomic mass is 16.5. The minimum atomic E-state index is 0.214. The van der Waals surface area contributed by atoms with Crippen molar-refractivity contribution < 1.29 is 4.74 Å². The second-order valence-electron chi connectivity index (χ2n) is 4.81. The number of methoxy groups -OCH3 is 1. The summed E-state index contributed by atoms with van der Waals surface area (Å²) < 4.78 is 5.32. The molecule has 0 aliphatic heterocycles. The van der Waals surface area contributed by atoms with E-state index < -0.39 is 0 Å². The molecule has 0 radical (unpaired) electrons. The van der Waals surface area contributed by atoms with Crippen molar-refractivity contribution in [2.75, 3.05) is 14.2 Å². The van der Waals surface area contributed by atoms with Gasteiger partial charge in [-0.05, 0) is 49.2 Å². The largest absolute Gasteiger partial charge is 0.496 e. The zero-order valence-corrected chi connectivity index (χ0v) is 12.0. The Morgan fingerprint density at radius 2 is 1.74 bits per heavy atom. The van der Waals surface area contributed by atoms with Crippen LogP contribution in [0.4, 0.5) is 0 Å². The van der Waals surface area contributed by atoms with Crippen LogP contribution >= 0.6 is 0 Å². The quantitative estimate of drug-likeness (QED) is 0.901. The first kappa shape index (κ1) is 13.6. The molecule has 0 bridgehead atoms. The van der Waals surface area contributed by atoms with Crippen molar-refractivity contribution in [1.82, 2.24) is 5.32 Å². The monoisotopic (exact) mass is 255 g/mol. The minimum Gasteiger partial charge on any atom is -0.496 e. The van der Waals surface area contributed by atoms with Gasteiger partial charge in [0.05, 0.1) is 13.2 Å². The summed E-state index contributed by atoms with van der Waals surface area (Å²) in [6.07, 6.45) is 0. The predicted molar refractivity (Wildman–Crippen MR) is 79.8 cm³/mol. The highest BCUT2D eigenvalue weighted by Crippen LogP contribution is 2.28. The van der Waals surface area contributed by atoms with Gasteiger partial charge in [0.1, 0.15) is 5.75 Å². The van der Waals surface area contributed by atoms with E-state index in [4.69, 9.17) is 4.74 Å². The Morgan fingerprint density at radius 3 is 2.32 bits per heavy atom. The standard InChI is InChI=1S/C17H21NO/c1-12-7-5-6-8-15(12)17(18-3)14-9-10-16(19-4)13(2)11-14/h5-11,17-18H,1-4H3. The average Bonchev–Trinajstić information content (AvgIpc) is 2.42. The van der Waals surface area contributed by atoms with Crippen molar-refractivity contribution in [3.05, 3.63) is 64.7 Å². The van der Waals surface area contributed by atoms with Crippen molar-refractivity contribution in [2.24, 2.45) is 0 Å². The molecular formula is C17H21NO. The molecule has 0 aromatic heterocycles. The minimum absolute atomic E-state index is 0.214. The molecule has 2 aromatic rings. The van der Waals surface area contributed by atoms with Crippen LogP contribution in [0.15, 0.2) is 42.5 Å². The van der Waals surface area contributed by atoms with E-state index in [9.17, 15) is 0 Å². The van der Waals surface area contributed by atoms with Gasteiger partial charge < -0.3 is 10.1 Å². The lowest BCUT2D eigenvalue weighted by atomic mass is 9.94. The molecule has 0 heterocycles. The summed E-state index contributed by atoms with van der Waals surface area (Å²) in [4.78, 5) is 0. The van der Waals surface area contributed by atoms with Crippen LogP contribution in [0.1, 0.15) is 28.3 Å². The number of aryl methyl sites for hydroxylation is 2. The molecule has 2 rings (SSSR count). The summed E-state index contributed by atoms with van der Waals surface area (Å²) in [7, 11) is 3.70. The van der Waals surface area contributed by atoms with E-state index in [0.717, 1.165) is 11.3 Å². The van der Waals surface area contributed by atoms with Gasteiger partial charge in [0.2, 0.25) is 0 Å². The molecule has 2 aromatic carbocycles. The van der Waals surface area contributed by atoms with E-state index in [-0.39, 0.29) is 6.04 Å². The molecule has 100 valence electrons. The zero-order chi connectivity index (χ0) is 13.8. The Bertz CT molecular complexity index is 563. The van der Waals surface area contributed by atoms with E-state index in [2.05, 4.69) is 55.6 Å². The first-order chi connectivity index (χ1) is 9.17. The molecule has 1 unspecified atom stereocenters. The third-order valence-corrected chi connectivity index (χ3v) is 3.54. The molecular weight excluding hydrogens is 234 g/mol. The number of benzene rings is 2. The van der Waals surface area contributed by atoms with Crippen LogP contribution in [0.25, 0.3) is 0 Å². The number of hydrogen-bond donors (Lipinski definition) is 1. The van der Waals surface area contributed by atoms with Gasteiger partial charge in [-0.15, -0.1) is 0 Å². The van der Waals surface area contributed by atoms with Gasteiger partial charge in [0, 0.05) is 0 Å². The number of hydrogen-bond acceptors (Lipinski definition) is 2. The van der Waals surface area contributed by atoms with Crippen LogP contribution in [0.5, 0.6) is 5.75 Å². The van der Waals surface area contributed by atoms with Crippen molar-refractivity contribution in [3.8, 4) is 5.75 Å². The second-order valence-corrected chi connectivity index (χ2v) is 4.81. The fraction of sp³-hybridized carbons (Fsp3) is 0.294. The molecule has 0 amide bonds. The Morgan fingerprint density at radius 1 is 1.00 bits per heavy atom. The van der Waals surface area contributed by atoms with E-state index >= 15 is 0 Å². The molecule has 0 aliphatic carbocycles. The van der Waals surface area contributed by atoms with Gasteiger partial charge in [-0.1, -0.05) is 36.4 Å². The Kier molecular flexibility index (Phi) is 4.23. The summed E-state index contributed by atoms with van der Waals surface area (Å²) in [6.45, 7) is 4.23. The van der Waals surface area contributed by atoms with Gasteiger partial charge in [-0.25, -0.2) is 0 Å². The van der Waals surface area contributed by atoms with Crippen LogP contribution in [0.3, 0.4) is 0 Å². The zero-order valence-electron chi connectivity index (χ0n) is 12.0. The van der Waals surface area contributed by atoms with Crippen LogP contribution in [0, 0.1) is 13.8 Å². The van der Waals surface area contributed by atoms with Crippen LogP contribution in [0.2, 0.25) is 0 Å². The van der Waals surface area contributed by atoms with E-state index in [1.54, 1.807) is 7.11 Å². The second kappa shape index (κ2) is 5.89. The normalized spacial score (nSPS) is 12.2. The lowest BCUT2D eigenvalue weighted by molar-refractivity contribution is 0.411. The highest BCUT2D eigenvalue weighted by molar-refractivity contribution is 5.42. The molecule has 0 saturated carbocycles. The van der Waals surface area contributed by atoms with Gasteiger partial charge in [-0.2, -0.15) is 0 Å². The maximum Gasteiger partial charge on any atom is 0.121 e. The maximum atomic E-state index is 5.32.